The number of nitrogens with zero attached hydrogens (tertiary/aromatic N) is 2. The van der Waals surface area contributed by atoms with Crippen molar-refractivity contribution in [2.24, 2.45) is 4.99 Å². The molecule has 0 N–H and O–H groups in total. The molecule has 1 aromatic heterocycles. The molecular formula is C25H22N2O3S. The van der Waals surface area contributed by atoms with E-state index in [9.17, 15) is 9.59 Å². The maximum absolute atomic E-state index is 13.3. The molecule has 1 atom stereocenters. The lowest BCUT2D eigenvalue weighted by atomic mass is 9.96. The molecule has 0 saturated carbocycles. The quantitative estimate of drug-likeness (QED) is 0.583. The first-order valence-electron chi connectivity index (χ1n) is 10.1. The lowest BCUT2D eigenvalue weighted by molar-refractivity contribution is -0.139. The smallest absolute Gasteiger partial charge is 0.338 e. The molecule has 4 rings (SSSR count). The summed E-state index contributed by atoms with van der Waals surface area (Å²) >= 11 is 1.32. The second kappa shape index (κ2) is 9.10. The summed E-state index contributed by atoms with van der Waals surface area (Å²) in [5, 5.41) is 0. The number of rotatable bonds is 5. The molecule has 156 valence electrons. The van der Waals surface area contributed by atoms with Gasteiger partial charge in [-0.1, -0.05) is 84.2 Å². The Bertz CT molecular complexity index is 1330. The maximum Gasteiger partial charge on any atom is 0.338 e. The van der Waals surface area contributed by atoms with Gasteiger partial charge in [-0.25, -0.2) is 9.79 Å². The fourth-order valence-electron chi connectivity index (χ4n) is 3.57. The number of allylic oxidation sites excluding steroid dienone is 2. The van der Waals surface area contributed by atoms with Crippen LogP contribution in [0.1, 0.15) is 31.0 Å². The van der Waals surface area contributed by atoms with Crippen LogP contribution in [0.5, 0.6) is 0 Å². The molecule has 1 aliphatic rings. The Hall–Kier alpha value is -3.51. The zero-order valence-electron chi connectivity index (χ0n) is 17.3. The normalized spacial score (nSPS) is 16.3. The minimum atomic E-state index is -0.572. The van der Waals surface area contributed by atoms with E-state index in [4.69, 9.17) is 4.74 Å². The zero-order valence-corrected chi connectivity index (χ0v) is 18.1. The summed E-state index contributed by atoms with van der Waals surface area (Å²) in [7, 11) is 0. The zero-order chi connectivity index (χ0) is 21.8. The highest BCUT2D eigenvalue weighted by Crippen LogP contribution is 2.30. The Morgan fingerprint density at radius 2 is 1.81 bits per heavy atom. The lowest BCUT2D eigenvalue weighted by Crippen LogP contribution is -2.39. The first-order valence-corrected chi connectivity index (χ1v) is 10.9. The number of hydrogen-bond donors (Lipinski definition) is 0. The predicted octanol–water partition coefficient (Wildman–Crippen LogP) is 3.46. The Morgan fingerprint density at radius 3 is 2.48 bits per heavy atom. The van der Waals surface area contributed by atoms with Crippen molar-refractivity contribution in [3.05, 3.63) is 109 Å². The monoisotopic (exact) mass is 430 g/mol. The number of benzene rings is 2. The van der Waals surface area contributed by atoms with Crippen molar-refractivity contribution in [2.45, 2.75) is 19.9 Å². The molecule has 31 heavy (non-hydrogen) atoms. The van der Waals surface area contributed by atoms with E-state index in [1.807, 2.05) is 72.8 Å². The van der Waals surface area contributed by atoms with Crippen LogP contribution in [0.15, 0.2) is 87.8 Å². The van der Waals surface area contributed by atoms with E-state index in [0.29, 0.717) is 20.6 Å². The molecule has 0 radical (unpaired) electrons. The molecule has 2 aromatic carbocycles. The van der Waals surface area contributed by atoms with Gasteiger partial charge in [0.25, 0.3) is 5.56 Å². The van der Waals surface area contributed by atoms with Crippen LogP contribution < -0.4 is 14.9 Å². The standard InChI is InChI=1S/C25H22N2O3S/c1-3-30-24(29)21-17(2)26-25-27(22(21)19-14-8-5-9-15-19)23(28)20(31-25)16-10-13-18-11-6-4-7-12-18/h4-16,22H,3H2,1-2H3. The number of thiazole rings is 1. The van der Waals surface area contributed by atoms with Gasteiger partial charge in [-0.05, 0) is 31.1 Å². The van der Waals surface area contributed by atoms with E-state index >= 15 is 0 Å². The summed E-state index contributed by atoms with van der Waals surface area (Å²) in [4.78, 5) is 31.3. The highest BCUT2D eigenvalue weighted by molar-refractivity contribution is 7.07. The maximum atomic E-state index is 13.3. The molecule has 1 unspecified atom stereocenters. The fourth-order valence-corrected chi connectivity index (χ4v) is 4.57. The van der Waals surface area contributed by atoms with Gasteiger partial charge in [0.15, 0.2) is 4.80 Å². The van der Waals surface area contributed by atoms with E-state index < -0.39 is 12.0 Å². The van der Waals surface area contributed by atoms with Crippen molar-refractivity contribution in [1.29, 1.82) is 0 Å². The summed E-state index contributed by atoms with van der Waals surface area (Å²) in [6.07, 6.45) is 5.60. The number of esters is 1. The van der Waals surface area contributed by atoms with Crippen LogP contribution in [0.2, 0.25) is 0 Å². The van der Waals surface area contributed by atoms with Crippen LogP contribution in [-0.4, -0.2) is 17.1 Å². The number of ether oxygens (including phenoxy) is 1. The van der Waals surface area contributed by atoms with Crippen LogP contribution in [0.4, 0.5) is 0 Å². The Balaban J connectivity index is 1.85. The lowest BCUT2D eigenvalue weighted by Gasteiger charge is -2.24. The molecule has 5 nitrogen and oxygen atoms in total. The predicted molar refractivity (Wildman–Crippen MR) is 123 cm³/mol. The van der Waals surface area contributed by atoms with E-state index in [2.05, 4.69) is 4.99 Å². The molecule has 0 amide bonds. The molecule has 1 aliphatic heterocycles. The highest BCUT2D eigenvalue weighted by Gasteiger charge is 2.33. The number of hydrogen-bond acceptors (Lipinski definition) is 5. The topological polar surface area (TPSA) is 60.7 Å². The van der Waals surface area contributed by atoms with Crippen LogP contribution in [-0.2, 0) is 9.53 Å². The molecule has 0 bridgehead atoms. The third-order valence-corrected chi connectivity index (χ3v) is 5.97. The molecule has 2 heterocycles. The summed E-state index contributed by atoms with van der Waals surface area (Å²) in [5.41, 5.74) is 2.68. The van der Waals surface area contributed by atoms with Crippen LogP contribution in [0.25, 0.3) is 12.2 Å². The van der Waals surface area contributed by atoms with E-state index in [1.165, 1.54) is 11.3 Å². The Labute approximate surface area is 184 Å². The first kappa shape index (κ1) is 20.8. The average Bonchev–Trinajstić information content (AvgIpc) is 3.09. The molecule has 0 fully saturated rings. The van der Waals surface area contributed by atoms with Crippen molar-refractivity contribution in [3.63, 3.8) is 0 Å². The number of carbonyl (C=O) groups excluding carboxylic acids is 1. The van der Waals surface area contributed by atoms with Gasteiger partial charge in [0.1, 0.15) is 0 Å². The SMILES string of the molecule is CCOC(=O)C1=C(C)N=c2sc(=CC=Cc3ccccc3)c(=O)n2C1c1ccccc1. The van der Waals surface area contributed by atoms with Crippen molar-refractivity contribution in [2.75, 3.05) is 6.61 Å². The Kier molecular flexibility index (Phi) is 6.09. The van der Waals surface area contributed by atoms with E-state index in [0.717, 1.165) is 11.1 Å². The Morgan fingerprint density at radius 1 is 1.13 bits per heavy atom. The highest BCUT2D eigenvalue weighted by atomic mass is 32.1. The third-order valence-electron chi connectivity index (χ3n) is 4.97. The first-order chi connectivity index (χ1) is 15.1. The second-order valence-electron chi connectivity index (χ2n) is 7.01. The second-order valence-corrected chi connectivity index (χ2v) is 8.01. The van der Waals surface area contributed by atoms with E-state index in [1.54, 1.807) is 24.5 Å². The summed E-state index contributed by atoms with van der Waals surface area (Å²) in [5.74, 6) is -0.448. The van der Waals surface area contributed by atoms with Gasteiger partial charge in [-0.2, -0.15) is 0 Å². The van der Waals surface area contributed by atoms with Gasteiger partial charge in [0, 0.05) is 0 Å². The summed E-state index contributed by atoms with van der Waals surface area (Å²) in [6.45, 7) is 3.81. The van der Waals surface area contributed by atoms with Gasteiger partial charge in [-0.15, -0.1) is 0 Å². The fraction of sp³-hybridized carbons (Fsp3) is 0.160. The number of fused-ring (bicyclic) bond motifs is 1. The van der Waals surface area contributed by atoms with Crippen molar-refractivity contribution in [1.82, 2.24) is 4.57 Å². The largest absolute Gasteiger partial charge is 0.463 e. The summed E-state index contributed by atoms with van der Waals surface area (Å²) < 4.78 is 7.45. The number of carbonyl (C=O) groups is 1. The van der Waals surface area contributed by atoms with E-state index in [-0.39, 0.29) is 12.2 Å². The van der Waals surface area contributed by atoms with Crippen molar-refractivity contribution >= 4 is 29.5 Å². The minimum absolute atomic E-state index is 0.176. The number of aromatic nitrogens is 1. The van der Waals surface area contributed by atoms with Gasteiger partial charge >= 0.3 is 5.97 Å². The third kappa shape index (κ3) is 4.20. The van der Waals surface area contributed by atoms with Gasteiger partial charge in [-0.3, -0.25) is 9.36 Å². The molecule has 6 heteroatoms. The molecule has 3 aromatic rings. The van der Waals surface area contributed by atoms with Crippen LogP contribution in [0, 0.1) is 0 Å². The molecule has 0 saturated heterocycles. The van der Waals surface area contributed by atoms with Crippen molar-refractivity contribution in [3.8, 4) is 0 Å². The molecule has 0 spiro atoms. The van der Waals surface area contributed by atoms with Crippen LogP contribution in [0.3, 0.4) is 0 Å². The molecular weight excluding hydrogens is 408 g/mol. The van der Waals surface area contributed by atoms with Gasteiger partial charge in [0.05, 0.1) is 28.5 Å². The average molecular weight is 431 g/mol. The van der Waals surface area contributed by atoms with Crippen molar-refractivity contribution < 1.29 is 9.53 Å². The summed E-state index contributed by atoms with van der Waals surface area (Å²) in [6, 6.07) is 18.8. The molecule has 0 aliphatic carbocycles. The van der Waals surface area contributed by atoms with Gasteiger partial charge < -0.3 is 4.74 Å². The van der Waals surface area contributed by atoms with Crippen LogP contribution >= 0.6 is 11.3 Å². The minimum Gasteiger partial charge on any atom is -0.463 e. The van der Waals surface area contributed by atoms with Gasteiger partial charge in [0.2, 0.25) is 0 Å².